The van der Waals surface area contributed by atoms with E-state index in [4.69, 9.17) is 0 Å². The van der Waals surface area contributed by atoms with Crippen molar-refractivity contribution in [3.63, 3.8) is 0 Å². The second-order valence-corrected chi connectivity index (χ2v) is 6.86. The number of nitrogens with one attached hydrogen (secondary N) is 1. The Balaban J connectivity index is 2.84. The molecule has 0 bridgehead atoms. The lowest BCUT2D eigenvalue weighted by molar-refractivity contribution is -0.131. The summed E-state index contributed by atoms with van der Waals surface area (Å²) in [5.41, 5.74) is 0. The van der Waals surface area contributed by atoms with Crippen molar-refractivity contribution in [3.8, 4) is 0 Å². The molecule has 0 radical (unpaired) electrons. The van der Waals surface area contributed by atoms with Gasteiger partial charge in [-0.15, -0.1) is 0 Å². The molecule has 1 atom stereocenters. The first-order valence-electron chi connectivity index (χ1n) is 7.34. The minimum absolute atomic E-state index is 0.0589. The number of carbonyl (C=O) groups is 1. The van der Waals surface area contributed by atoms with Crippen LogP contribution in [0.2, 0.25) is 0 Å². The van der Waals surface area contributed by atoms with Crippen molar-refractivity contribution in [2.75, 3.05) is 13.6 Å². The third-order valence-corrected chi connectivity index (χ3v) is 4.84. The molecule has 124 valence electrons. The zero-order chi connectivity index (χ0) is 16.8. The van der Waals surface area contributed by atoms with E-state index in [-0.39, 0.29) is 10.8 Å². The normalized spacial score (nSPS) is 12.9. The van der Waals surface area contributed by atoms with Gasteiger partial charge in [0.25, 0.3) is 0 Å². The number of sulfonamides is 1. The van der Waals surface area contributed by atoms with Gasteiger partial charge in [-0.05, 0) is 37.1 Å². The summed E-state index contributed by atoms with van der Waals surface area (Å²) in [5.74, 6) is -0.775. The summed E-state index contributed by atoms with van der Waals surface area (Å²) >= 11 is 0. The van der Waals surface area contributed by atoms with Crippen molar-refractivity contribution >= 4 is 15.9 Å². The third-order valence-electron chi connectivity index (χ3n) is 3.35. The lowest BCUT2D eigenvalue weighted by Crippen LogP contribution is -2.47. The van der Waals surface area contributed by atoms with Crippen LogP contribution in [0, 0.1) is 5.82 Å². The van der Waals surface area contributed by atoms with Gasteiger partial charge in [-0.2, -0.15) is 4.72 Å². The Bertz CT molecular complexity index is 587. The molecule has 1 amide bonds. The number of hydrogen-bond donors (Lipinski definition) is 1. The summed E-state index contributed by atoms with van der Waals surface area (Å²) in [5, 5.41) is 0. The van der Waals surface area contributed by atoms with Gasteiger partial charge in [-0.3, -0.25) is 4.79 Å². The summed E-state index contributed by atoms with van der Waals surface area (Å²) in [6.07, 6.45) is 2.16. The Morgan fingerprint density at radius 2 is 1.86 bits per heavy atom. The highest BCUT2D eigenvalue weighted by atomic mass is 32.2. The van der Waals surface area contributed by atoms with E-state index in [0.29, 0.717) is 13.0 Å². The molecular weight excluding hydrogens is 307 g/mol. The molecule has 0 spiro atoms. The van der Waals surface area contributed by atoms with Crippen molar-refractivity contribution in [1.82, 2.24) is 9.62 Å². The van der Waals surface area contributed by atoms with Crippen molar-refractivity contribution < 1.29 is 17.6 Å². The van der Waals surface area contributed by atoms with Crippen LogP contribution in [0.4, 0.5) is 4.39 Å². The van der Waals surface area contributed by atoms with Gasteiger partial charge in [-0.25, -0.2) is 12.8 Å². The van der Waals surface area contributed by atoms with Crippen molar-refractivity contribution in [2.45, 2.75) is 44.0 Å². The maximum absolute atomic E-state index is 12.9. The molecule has 0 fully saturated rings. The molecule has 1 aromatic rings. The van der Waals surface area contributed by atoms with Crippen molar-refractivity contribution in [2.24, 2.45) is 0 Å². The molecule has 0 saturated heterocycles. The lowest BCUT2D eigenvalue weighted by atomic mass is 10.2. The molecule has 0 aromatic heterocycles. The highest BCUT2D eigenvalue weighted by Crippen LogP contribution is 2.12. The van der Waals surface area contributed by atoms with Gasteiger partial charge in [0.1, 0.15) is 11.9 Å². The number of hydrogen-bond acceptors (Lipinski definition) is 3. The van der Waals surface area contributed by atoms with Crippen molar-refractivity contribution in [1.29, 1.82) is 0 Å². The minimum atomic E-state index is -3.85. The highest BCUT2D eigenvalue weighted by Gasteiger charge is 2.26. The number of halogens is 1. The van der Waals surface area contributed by atoms with E-state index in [1.807, 2.05) is 6.92 Å². The Morgan fingerprint density at radius 3 is 2.36 bits per heavy atom. The molecular formula is C15H23FN2O3S. The molecule has 0 aliphatic carbocycles. The lowest BCUT2D eigenvalue weighted by Gasteiger charge is -2.23. The average molecular weight is 330 g/mol. The molecule has 1 unspecified atom stereocenters. The first-order chi connectivity index (χ1) is 10.3. The summed E-state index contributed by atoms with van der Waals surface area (Å²) < 4.78 is 39.8. The predicted molar refractivity (Wildman–Crippen MR) is 83.3 cm³/mol. The van der Waals surface area contributed by atoms with Crippen molar-refractivity contribution in [3.05, 3.63) is 30.1 Å². The molecule has 0 aliphatic heterocycles. The van der Waals surface area contributed by atoms with Crippen LogP contribution in [0.25, 0.3) is 0 Å². The monoisotopic (exact) mass is 330 g/mol. The van der Waals surface area contributed by atoms with Crippen LogP contribution in [-0.2, 0) is 14.8 Å². The number of nitrogens with zero attached hydrogens (tertiary/aromatic N) is 1. The Hall–Kier alpha value is -1.47. The van der Waals surface area contributed by atoms with Crippen LogP contribution >= 0.6 is 0 Å². The summed E-state index contributed by atoms with van der Waals surface area (Å²) in [6, 6.07) is 3.68. The number of likely N-dealkylation sites (N-methyl/N-ethyl adjacent to an activating group) is 1. The second-order valence-electron chi connectivity index (χ2n) is 5.15. The van der Waals surface area contributed by atoms with E-state index < -0.39 is 21.9 Å². The van der Waals surface area contributed by atoms with E-state index in [0.717, 1.165) is 25.0 Å². The fourth-order valence-corrected chi connectivity index (χ4v) is 3.22. The largest absolute Gasteiger partial charge is 0.344 e. The number of unbranched alkanes of at least 4 members (excludes halogenated alkanes) is 1. The van der Waals surface area contributed by atoms with Crippen LogP contribution in [-0.4, -0.2) is 38.9 Å². The average Bonchev–Trinajstić information content (AvgIpc) is 2.50. The smallest absolute Gasteiger partial charge is 0.241 e. The molecule has 7 heteroatoms. The fourth-order valence-electron chi connectivity index (χ4n) is 1.95. The van der Waals surface area contributed by atoms with E-state index in [1.165, 1.54) is 17.0 Å². The molecule has 0 saturated carbocycles. The molecule has 0 aliphatic rings. The van der Waals surface area contributed by atoms with Crippen LogP contribution in [0.1, 0.15) is 33.1 Å². The number of benzene rings is 1. The fraction of sp³-hybridized carbons (Fsp3) is 0.533. The van der Waals surface area contributed by atoms with E-state index >= 15 is 0 Å². The SMILES string of the molecule is CCCCN(C)C(=O)C(CC)NS(=O)(=O)c1ccc(F)cc1. The van der Waals surface area contributed by atoms with Gasteiger partial charge in [0.05, 0.1) is 4.90 Å². The van der Waals surface area contributed by atoms with Gasteiger partial charge in [0, 0.05) is 13.6 Å². The third kappa shape index (κ3) is 5.06. The van der Waals surface area contributed by atoms with Crippen LogP contribution < -0.4 is 4.72 Å². The van der Waals surface area contributed by atoms with Gasteiger partial charge in [0.2, 0.25) is 15.9 Å². The topological polar surface area (TPSA) is 66.5 Å². The van der Waals surface area contributed by atoms with Gasteiger partial charge >= 0.3 is 0 Å². The van der Waals surface area contributed by atoms with E-state index in [9.17, 15) is 17.6 Å². The van der Waals surface area contributed by atoms with Crippen LogP contribution in [0.15, 0.2) is 29.2 Å². The summed E-state index contributed by atoms with van der Waals surface area (Å²) in [4.78, 5) is 13.8. The number of rotatable bonds is 8. The zero-order valence-corrected chi connectivity index (χ0v) is 14.0. The Morgan fingerprint density at radius 1 is 1.27 bits per heavy atom. The molecule has 1 N–H and O–H groups in total. The second kappa shape index (κ2) is 8.24. The molecule has 5 nitrogen and oxygen atoms in total. The highest BCUT2D eigenvalue weighted by molar-refractivity contribution is 7.89. The summed E-state index contributed by atoms with van der Waals surface area (Å²) in [6.45, 7) is 4.35. The molecule has 1 rings (SSSR count). The van der Waals surface area contributed by atoms with Gasteiger partial charge in [-0.1, -0.05) is 20.3 Å². The van der Waals surface area contributed by atoms with Crippen LogP contribution in [0.3, 0.4) is 0 Å². The van der Waals surface area contributed by atoms with Gasteiger partial charge < -0.3 is 4.90 Å². The first-order valence-corrected chi connectivity index (χ1v) is 8.83. The predicted octanol–water partition coefficient (Wildman–Crippen LogP) is 2.14. The first kappa shape index (κ1) is 18.6. The van der Waals surface area contributed by atoms with E-state index in [1.54, 1.807) is 14.0 Å². The standard InChI is InChI=1S/C15H23FN2O3S/c1-4-6-11-18(3)15(19)14(5-2)17-22(20,21)13-9-7-12(16)8-10-13/h7-10,14,17H,4-6,11H2,1-3H3. The number of amides is 1. The molecule has 1 aromatic carbocycles. The Labute approximate surface area is 131 Å². The molecule has 22 heavy (non-hydrogen) atoms. The quantitative estimate of drug-likeness (QED) is 0.794. The minimum Gasteiger partial charge on any atom is -0.344 e. The van der Waals surface area contributed by atoms with E-state index in [2.05, 4.69) is 4.72 Å². The zero-order valence-electron chi connectivity index (χ0n) is 13.2. The van der Waals surface area contributed by atoms with Gasteiger partial charge in [0.15, 0.2) is 0 Å². The molecule has 0 heterocycles. The number of carbonyl (C=O) groups excluding carboxylic acids is 1. The Kier molecular flexibility index (Phi) is 6.96. The summed E-state index contributed by atoms with van der Waals surface area (Å²) in [7, 11) is -2.19. The van der Waals surface area contributed by atoms with Crippen LogP contribution in [0.5, 0.6) is 0 Å². The maximum atomic E-state index is 12.9. The maximum Gasteiger partial charge on any atom is 0.241 e.